The van der Waals surface area contributed by atoms with Crippen molar-refractivity contribution in [2.24, 2.45) is 0 Å². The molecule has 0 fully saturated rings. The van der Waals surface area contributed by atoms with E-state index in [-0.39, 0.29) is 11.7 Å². The molecule has 0 aliphatic heterocycles. The second-order valence-electron chi connectivity index (χ2n) is 4.61. The Hall–Kier alpha value is -2.88. The number of fused-ring (bicyclic) bond motifs is 1. The zero-order chi connectivity index (χ0) is 15.2. The van der Waals surface area contributed by atoms with Crippen LogP contribution in [-0.2, 0) is 0 Å². The zero-order valence-electron chi connectivity index (χ0n) is 11.9. The molecule has 1 aromatic heterocycles. The van der Waals surface area contributed by atoms with Gasteiger partial charge < -0.3 is 15.5 Å². The molecule has 1 aromatic carbocycles. The third-order valence-electron chi connectivity index (χ3n) is 2.88. The highest BCUT2D eigenvalue weighted by Crippen LogP contribution is 2.23. The van der Waals surface area contributed by atoms with Gasteiger partial charge in [-0.2, -0.15) is 5.26 Å². The lowest BCUT2D eigenvalue weighted by atomic mass is 10.1. The minimum atomic E-state index is -0.157. The number of benzene rings is 1. The van der Waals surface area contributed by atoms with E-state index >= 15 is 0 Å². The highest BCUT2D eigenvalue weighted by atomic mass is 16.2. The van der Waals surface area contributed by atoms with E-state index in [1.165, 1.54) is 4.90 Å². The predicted molar refractivity (Wildman–Crippen MR) is 79.8 cm³/mol. The molecule has 0 saturated heterocycles. The van der Waals surface area contributed by atoms with Gasteiger partial charge in [0.05, 0.1) is 11.2 Å². The van der Waals surface area contributed by atoms with Gasteiger partial charge in [-0.1, -0.05) is 18.2 Å². The Balaban J connectivity index is 2.11. The summed E-state index contributed by atoms with van der Waals surface area (Å²) in [7, 11) is 3.35. The molecule has 7 heteroatoms. The van der Waals surface area contributed by atoms with Crippen molar-refractivity contribution in [3.63, 3.8) is 0 Å². The molecule has 0 saturated carbocycles. The molecule has 2 rings (SSSR count). The maximum atomic E-state index is 11.4. The maximum Gasteiger partial charge on any atom is 0.316 e. The minimum absolute atomic E-state index is 0.157. The van der Waals surface area contributed by atoms with E-state index in [0.29, 0.717) is 18.8 Å². The highest BCUT2D eigenvalue weighted by Gasteiger charge is 2.09. The first-order valence-electron chi connectivity index (χ1n) is 6.48. The monoisotopic (exact) mass is 284 g/mol. The van der Waals surface area contributed by atoms with E-state index < -0.39 is 0 Å². The molecule has 0 unspecified atom stereocenters. The van der Waals surface area contributed by atoms with E-state index in [1.807, 2.05) is 30.3 Å². The minimum Gasteiger partial charge on any atom is -0.380 e. The van der Waals surface area contributed by atoms with Crippen molar-refractivity contribution < 1.29 is 4.79 Å². The molecule has 0 radical (unpaired) electrons. The number of nitrogens with zero attached hydrogens (tertiary/aromatic N) is 4. The van der Waals surface area contributed by atoms with Crippen molar-refractivity contribution in [1.29, 1.82) is 5.26 Å². The molecule has 7 nitrogen and oxygen atoms in total. The summed E-state index contributed by atoms with van der Waals surface area (Å²) < 4.78 is 0. The molecule has 0 aliphatic rings. The molecule has 1 heterocycles. The van der Waals surface area contributed by atoms with Crippen LogP contribution in [0.25, 0.3) is 10.9 Å². The predicted octanol–water partition coefficient (Wildman–Crippen LogP) is 1.18. The quantitative estimate of drug-likeness (QED) is 0.822. The lowest BCUT2D eigenvalue weighted by molar-refractivity contribution is 0.218. The van der Waals surface area contributed by atoms with Crippen molar-refractivity contribution in [3.8, 4) is 6.07 Å². The summed E-state index contributed by atoms with van der Waals surface area (Å²) in [6.07, 6.45) is 0. The second-order valence-corrected chi connectivity index (χ2v) is 4.61. The molecular weight excluding hydrogens is 268 g/mol. The van der Waals surface area contributed by atoms with Gasteiger partial charge in [-0.05, 0) is 6.07 Å². The molecule has 2 amide bonds. The van der Waals surface area contributed by atoms with Gasteiger partial charge in [-0.25, -0.2) is 4.79 Å². The van der Waals surface area contributed by atoms with Crippen molar-refractivity contribution in [1.82, 2.24) is 20.4 Å². The van der Waals surface area contributed by atoms with Crippen LogP contribution in [0.3, 0.4) is 0 Å². The van der Waals surface area contributed by atoms with Crippen molar-refractivity contribution in [2.75, 3.05) is 32.5 Å². The van der Waals surface area contributed by atoms with Crippen LogP contribution in [0.2, 0.25) is 0 Å². The maximum absolute atomic E-state index is 11.4. The SMILES string of the molecule is CN(C)C(=O)NCCNc1c(C#N)nnc2ccccc12. The first-order valence-corrected chi connectivity index (χ1v) is 6.48. The molecule has 2 N–H and O–H groups in total. The standard InChI is InChI=1S/C14H16N6O/c1-20(2)14(21)17-8-7-16-13-10-5-3-4-6-11(10)18-19-12(13)9-15/h3-6H,7-8H2,1-2H3,(H,16,18)(H,17,21). The van der Waals surface area contributed by atoms with Crippen LogP contribution in [0.5, 0.6) is 0 Å². The fraction of sp³-hybridized carbons (Fsp3) is 0.286. The summed E-state index contributed by atoms with van der Waals surface area (Å²) in [6.45, 7) is 0.933. The largest absolute Gasteiger partial charge is 0.380 e. The Bertz CT molecular complexity index is 691. The number of carbonyl (C=O) groups is 1. The number of aromatic nitrogens is 2. The zero-order valence-corrected chi connectivity index (χ0v) is 11.9. The van der Waals surface area contributed by atoms with Gasteiger partial charge in [0, 0.05) is 32.6 Å². The average Bonchev–Trinajstić information content (AvgIpc) is 2.50. The Labute approximate surface area is 122 Å². The fourth-order valence-corrected chi connectivity index (χ4v) is 1.83. The first-order chi connectivity index (χ1) is 10.1. The Morgan fingerprint density at radius 3 is 2.76 bits per heavy atom. The normalized spacial score (nSPS) is 9.95. The molecule has 0 bridgehead atoms. The third kappa shape index (κ3) is 3.36. The number of hydrogen-bond donors (Lipinski definition) is 2. The Morgan fingerprint density at radius 2 is 2.05 bits per heavy atom. The summed E-state index contributed by atoms with van der Waals surface area (Å²) in [4.78, 5) is 12.9. The summed E-state index contributed by atoms with van der Waals surface area (Å²) >= 11 is 0. The fourth-order valence-electron chi connectivity index (χ4n) is 1.83. The summed E-state index contributed by atoms with van der Waals surface area (Å²) in [5.74, 6) is 0. The number of amides is 2. The van der Waals surface area contributed by atoms with Crippen molar-refractivity contribution in [3.05, 3.63) is 30.0 Å². The van der Waals surface area contributed by atoms with Crippen LogP contribution < -0.4 is 10.6 Å². The molecule has 0 atom stereocenters. The lowest BCUT2D eigenvalue weighted by Gasteiger charge is -2.13. The molecule has 108 valence electrons. The first kappa shape index (κ1) is 14.5. The number of hydrogen-bond acceptors (Lipinski definition) is 5. The molecule has 0 aliphatic carbocycles. The molecule has 2 aromatic rings. The lowest BCUT2D eigenvalue weighted by Crippen LogP contribution is -2.37. The number of anilines is 1. The number of nitrogens with one attached hydrogen (secondary N) is 2. The van der Waals surface area contributed by atoms with E-state index in [9.17, 15) is 4.79 Å². The van der Waals surface area contributed by atoms with Crippen LogP contribution in [0.1, 0.15) is 5.69 Å². The van der Waals surface area contributed by atoms with Crippen LogP contribution in [0.15, 0.2) is 24.3 Å². The van der Waals surface area contributed by atoms with E-state index in [1.54, 1.807) is 14.1 Å². The number of nitriles is 1. The van der Waals surface area contributed by atoms with Gasteiger partial charge in [-0.3, -0.25) is 0 Å². The smallest absolute Gasteiger partial charge is 0.316 e. The van der Waals surface area contributed by atoms with Crippen molar-refractivity contribution in [2.45, 2.75) is 0 Å². The average molecular weight is 284 g/mol. The van der Waals surface area contributed by atoms with Crippen molar-refractivity contribution >= 4 is 22.6 Å². The number of urea groups is 1. The third-order valence-corrected chi connectivity index (χ3v) is 2.88. The van der Waals surface area contributed by atoms with Crippen LogP contribution in [-0.4, -0.2) is 48.3 Å². The van der Waals surface area contributed by atoms with Crippen LogP contribution >= 0.6 is 0 Å². The molecular formula is C14H16N6O. The second kappa shape index (κ2) is 6.52. The number of rotatable bonds is 4. The van der Waals surface area contributed by atoms with Gasteiger partial charge in [0.15, 0.2) is 5.69 Å². The van der Waals surface area contributed by atoms with Crippen LogP contribution in [0, 0.1) is 11.3 Å². The topological polar surface area (TPSA) is 93.9 Å². The van der Waals surface area contributed by atoms with Gasteiger partial charge in [0.25, 0.3) is 0 Å². The van der Waals surface area contributed by atoms with Gasteiger partial charge in [0.1, 0.15) is 6.07 Å². The van der Waals surface area contributed by atoms with E-state index in [4.69, 9.17) is 5.26 Å². The summed E-state index contributed by atoms with van der Waals surface area (Å²) in [5, 5.41) is 23.8. The summed E-state index contributed by atoms with van der Waals surface area (Å²) in [5.41, 5.74) is 1.60. The molecule has 0 spiro atoms. The highest BCUT2D eigenvalue weighted by molar-refractivity contribution is 5.92. The number of carbonyl (C=O) groups excluding carboxylic acids is 1. The van der Waals surface area contributed by atoms with Gasteiger partial charge in [0.2, 0.25) is 0 Å². The van der Waals surface area contributed by atoms with Gasteiger partial charge in [-0.15, -0.1) is 10.2 Å². The van der Waals surface area contributed by atoms with E-state index in [0.717, 1.165) is 10.9 Å². The van der Waals surface area contributed by atoms with Gasteiger partial charge >= 0.3 is 6.03 Å². The van der Waals surface area contributed by atoms with E-state index in [2.05, 4.69) is 20.8 Å². The Morgan fingerprint density at radius 1 is 1.29 bits per heavy atom. The van der Waals surface area contributed by atoms with Crippen LogP contribution in [0.4, 0.5) is 10.5 Å². The summed E-state index contributed by atoms with van der Waals surface area (Å²) in [6, 6.07) is 9.33. The Kier molecular flexibility index (Phi) is 4.51. The molecule has 21 heavy (non-hydrogen) atoms.